The molecule has 0 unspecified atom stereocenters. The van der Waals surface area contributed by atoms with Crippen LogP contribution in [0.4, 0.5) is 0 Å². The topological polar surface area (TPSA) is 78.9 Å². The summed E-state index contributed by atoms with van der Waals surface area (Å²) in [6, 6.07) is 0. The summed E-state index contributed by atoms with van der Waals surface area (Å²) in [6.45, 7) is 6.36. The molecule has 0 amide bonds. The number of hydrogen-bond acceptors (Lipinski definition) is 6. The molecule has 0 bridgehead atoms. The van der Waals surface area contributed by atoms with Crippen molar-refractivity contribution in [3.05, 3.63) is 97.2 Å². The van der Waals surface area contributed by atoms with E-state index in [1.165, 1.54) is 57.8 Å². The second kappa shape index (κ2) is 52.0. The second-order valence-corrected chi connectivity index (χ2v) is 17.0. The number of esters is 3. The standard InChI is InChI=1S/C58H96O6/c1-4-7-10-13-16-19-22-25-27-28-29-30-32-33-36-39-42-45-48-51-57(60)63-54-55(53-62-56(59)50-47-44-41-38-35-24-21-18-15-12-9-6-3)64-58(61)52-49-46-43-40-37-34-31-26-23-20-17-14-11-8-5-2/h7-8,10-11,16-17,19-20,25-27,29-31,33,36,55H,4-6,9,12-15,18,21-24,28,32,34-35,37-54H2,1-3H3/b10-7-,11-8-,19-16-,20-17-,27-25-,30-29-,31-26-,36-33-/t55-/m0/s1. The van der Waals surface area contributed by atoms with Crippen LogP contribution in [-0.4, -0.2) is 37.2 Å². The van der Waals surface area contributed by atoms with Crippen molar-refractivity contribution >= 4 is 17.9 Å². The van der Waals surface area contributed by atoms with E-state index >= 15 is 0 Å². The SMILES string of the molecule is CC/C=C\C/C=C\C/C=C\C/C=C\C/C=C\CCCCCC(=O)OC[C@H](COC(=O)CCCCCCCCCCCCCC)OC(=O)CCCCCCC/C=C\C/C=C\C/C=C\CC. The minimum atomic E-state index is -0.799. The number of unbranched alkanes of at least 4 members (excludes halogenated alkanes) is 19. The highest BCUT2D eigenvalue weighted by molar-refractivity contribution is 5.71. The van der Waals surface area contributed by atoms with Crippen molar-refractivity contribution in [2.75, 3.05) is 13.2 Å². The Hall–Kier alpha value is -3.67. The minimum absolute atomic E-state index is 0.0947. The number of allylic oxidation sites excluding steroid dienone is 16. The Kier molecular flexibility index (Phi) is 49.0. The van der Waals surface area contributed by atoms with E-state index in [-0.39, 0.29) is 31.1 Å². The summed E-state index contributed by atoms with van der Waals surface area (Å²) in [4.78, 5) is 38.0. The fourth-order valence-electron chi connectivity index (χ4n) is 6.95. The second-order valence-electron chi connectivity index (χ2n) is 17.0. The average Bonchev–Trinajstić information content (AvgIpc) is 3.29. The maximum atomic E-state index is 12.8. The molecular formula is C58H96O6. The van der Waals surface area contributed by atoms with Gasteiger partial charge in [0.05, 0.1) is 0 Å². The lowest BCUT2D eigenvalue weighted by molar-refractivity contribution is -0.167. The zero-order valence-electron chi connectivity index (χ0n) is 41.5. The normalized spacial score (nSPS) is 12.9. The Morgan fingerprint density at radius 1 is 0.328 bits per heavy atom. The zero-order valence-corrected chi connectivity index (χ0v) is 41.5. The van der Waals surface area contributed by atoms with Crippen LogP contribution in [0.5, 0.6) is 0 Å². The Morgan fingerprint density at radius 2 is 0.609 bits per heavy atom. The first-order chi connectivity index (χ1) is 31.5. The van der Waals surface area contributed by atoms with Crippen molar-refractivity contribution in [2.45, 2.75) is 239 Å². The van der Waals surface area contributed by atoms with Crippen LogP contribution < -0.4 is 0 Å². The Balaban J connectivity index is 4.47. The summed E-state index contributed by atoms with van der Waals surface area (Å²) in [5.74, 6) is -0.947. The summed E-state index contributed by atoms with van der Waals surface area (Å²) >= 11 is 0. The molecule has 1 atom stereocenters. The summed E-state index contributed by atoms with van der Waals surface area (Å²) in [5, 5.41) is 0. The third kappa shape index (κ3) is 49.3. The molecule has 0 rings (SSSR count). The molecule has 0 saturated heterocycles. The number of ether oxygens (including phenoxy) is 3. The van der Waals surface area contributed by atoms with Crippen molar-refractivity contribution in [2.24, 2.45) is 0 Å². The van der Waals surface area contributed by atoms with Crippen LogP contribution in [0.1, 0.15) is 233 Å². The molecule has 64 heavy (non-hydrogen) atoms. The maximum absolute atomic E-state index is 12.8. The van der Waals surface area contributed by atoms with Gasteiger partial charge in [0.2, 0.25) is 0 Å². The fourth-order valence-corrected chi connectivity index (χ4v) is 6.95. The molecule has 0 aliphatic carbocycles. The van der Waals surface area contributed by atoms with Gasteiger partial charge in [0.15, 0.2) is 6.10 Å². The van der Waals surface area contributed by atoms with Gasteiger partial charge >= 0.3 is 17.9 Å². The fraction of sp³-hybridized carbons (Fsp3) is 0.672. The monoisotopic (exact) mass is 889 g/mol. The molecule has 0 heterocycles. The Labute approximate surface area is 394 Å². The van der Waals surface area contributed by atoms with Crippen LogP contribution in [0, 0.1) is 0 Å². The average molecular weight is 889 g/mol. The van der Waals surface area contributed by atoms with Gasteiger partial charge in [-0.25, -0.2) is 0 Å². The van der Waals surface area contributed by atoms with Gasteiger partial charge in [-0.2, -0.15) is 0 Å². The summed E-state index contributed by atoms with van der Waals surface area (Å²) in [5.41, 5.74) is 0. The van der Waals surface area contributed by atoms with Crippen molar-refractivity contribution in [1.82, 2.24) is 0 Å². The smallest absolute Gasteiger partial charge is 0.306 e. The highest BCUT2D eigenvalue weighted by atomic mass is 16.6. The van der Waals surface area contributed by atoms with Crippen molar-refractivity contribution in [1.29, 1.82) is 0 Å². The van der Waals surface area contributed by atoms with E-state index in [4.69, 9.17) is 14.2 Å². The molecule has 0 aliphatic rings. The van der Waals surface area contributed by atoms with Crippen molar-refractivity contribution in [3.63, 3.8) is 0 Å². The van der Waals surface area contributed by atoms with Gasteiger partial charge in [0.1, 0.15) is 13.2 Å². The largest absolute Gasteiger partial charge is 0.462 e. The molecule has 0 aromatic rings. The molecule has 0 N–H and O–H groups in total. The van der Waals surface area contributed by atoms with Crippen LogP contribution in [0.2, 0.25) is 0 Å². The van der Waals surface area contributed by atoms with Crippen LogP contribution in [0.3, 0.4) is 0 Å². The minimum Gasteiger partial charge on any atom is -0.462 e. The molecular weight excluding hydrogens is 793 g/mol. The van der Waals surface area contributed by atoms with Crippen LogP contribution >= 0.6 is 0 Å². The zero-order chi connectivity index (χ0) is 46.5. The van der Waals surface area contributed by atoms with Crippen LogP contribution in [0.25, 0.3) is 0 Å². The first-order valence-corrected chi connectivity index (χ1v) is 26.2. The van der Waals surface area contributed by atoms with E-state index in [1.807, 2.05) is 0 Å². The number of rotatable bonds is 46. The predicted octanol–water partition coefficient (Wildman–Crippen LogP) is 17.4. The molecule has 6 nitrogen and oxygen atoms in total. The third-order valence-corrected chi connectivity index (χ3v) is 10.8. The summed E-state index contributed by atoms with van der Waals surface area (Å²) < 4.78 is 16.8. The molecule has 0 aromatic heterocycles. The molecule has 6 heteroatoms. The highest BCUT2D eigenvalue weighted by Gasteiger charge is 2.19. The summed E-state index contributed by atoms with van der Waals surface area (Å²) in [6.07, 6.45) is 68.2. The Bertz CT molecular complexity index is 1300. The van der Waals surface area contributed by atoms with E-state index in [9.17, 15) is 14.4 Å². The van der Waals surface area contributed by atoms with E-state index in [1.54, 1.807) is 0 Å². The summed E-state index contributed by atoms with van der Waals surface area (Å²) in [7, 11) is 0. The van der Waals surface area contributed by atoms with Gasteiger partial charge in [-0.05, 0) is 96.3 Å². The van der Waals surface area contributed by atoms with Gasteiger partial charge in [-0.15, -0.1) is 0 Å². The molecule has 0 aromatic carbocycles. The molecule has 0 aliphatic heterocycles. The number of carbonyl (C=O) groups is 3. The number of carbonyl (C=O) groups excluding carboxylic acids is 3. The van der Waals surface area contributed by atoms with Gasteiger partial charge in [0, 0.05) is 19.3 Å². The van der Waals surface area contributed by atoms with Gasteiger partial charge in [0.25, 0.3) is 0 Å². The van der Waals surface area contributed by atoms with E-state index in [2.05, 4.69) is 118 Å². The first-order valence-electron chi connectivity index (χ1n) is 26.2. The lowest BCUT2D eigenvalue weighted by Gasteiger charge is -2.18. The third-order valence-electron chi connectivity index (χ3n) is 10.8. The molecule has 0 spiro atoms. The van der Waals surface area contributed by atoms with Crippen LogP contribution in [0.15, 0.2) is 97.2 Å². The molecule has 364 valence electrons. The first kappa shape index (κ1) is 60.3. The number of hydrogen-bond donors (Lipinski definition) is 0. The molecule has 0 radical (unpaired) electrons. The van der Waals surface area contributed by atoms with E-state index in [0.717, 1.165) is 135 Å². The van der Waals surface area contributed by atoms with E-state index < -0.39 is 6.10 Å². The van der Waals surface area contributed by atoms with Gasteiger partial charge in [-0.1, -0.05) is 214 Å². The van der Waals surface area contributed by atoms with Crippen LogP contribution in [-0.2, 0) is 28.6 Å². The van der Waals surface area contributed by atoms with Crippen molar-refractivity contribution < 1.29 is 28.6 Å². The lowest BCUT2D eigenvalue weighted by Crippen LogP contribution is -2.30. The van der Waals surface area contributed by atoms with E-state index in [0.29, 0.717) is 19.3 Å². The predicted molar refractivity (Wildman–Crippen MR) is 274 cm³/mol. The molecule has 0 fully saturated rings. The van der Waals surface area contributed by atoms with Gasteiger partial charge < -0.3 is 14.2 Å². The Morgan fingerprint density at radius 3 is 0.969 bits per heavy atom. The quantitative estimate of drug-likeness (QED) is 0.0262. The maximum Gasteiger partial charge on any atom is 0.306 e. The lowest BCUT2D eigenvalue weighted by atomic mass is 10.0. The molecule has 0 saturated carbocycles. The highest BCUT2D eigenvalue weighted by Crippen LogP contribution is 2.14. The van der Waals surface area contributed by atoms with Crippen molar-refractivity contribution in [3.8, 4) is 0 Å². The van der Waals surface area contributed by atoms with Gasteiger partial charge in [-0.3, -0.25) is 14.4 Å².